The van der Waals surface area contributed by atoms with Crippen LogP contribution < -0.4 is 5.73 Å². The molecule has 1 aromatic carbocycles. The van der Waals surface area contributed by atoms with Crippen LogP contribution in [0.4, 0.5) is 5.95 Å². The van der Waals surface area contributed by atoms with E-state index in [1.54, 1.807) is 0 Å². The third kappa shape index (κ3) is 2.87. The van der Waals surface area contributed by atoms with Gasteiger partial charge in [0.15, 0.2) is 0 Å². The van der Waals surface area contributed by atoms with Gasteiger partial charge in [-0.3, -0.25) is 0 Å². The number of aromatic amines is 1. The van der Waals surface area contributed by atoms with Crippen molar-refractivity contribution in [3.8, 4) is 23.1 Å². The van der Waals surface area contributed by atoms with Crippen LogP contribution in [0.3, 0.4) is 0 Å². The molecule has 2 aliphatic rings. The molecule has 5 rings (SSSR count). The molecule has 1 saturated carbocycles. The number of fused-ring (bicyclic) bond motifs is 5. The van der Waals surface area contributed by atoms with Gasteiger partial charge in [0.2, 0.25) is 5.95 Å². The molecule has 5 nitrogen and oxygen atoms in total. The van der Waals surface area contributed by atoms with E-state index in [0.29, 0.717) is 5.95 Å². The molecule has 2 aliphatic carbocycles. The number of hydrogen-bond acceptors (Lipinski definition) is 4. The molecule has 4 N–H and O–H groups in total. The highest BCUT2D eigenvalue weighted by Gasteiger charge is 2.28. The van der Waals surface area contributed by atoms with E-state index in [1.807, 2.05) is 12.3 Å². The van der Waals surface area contributed by atoms with Crippen LogP contribution in [-0.2, 0) is 12.8 Å². The van der Waals surface area contributed by atoms with Crippen molar-refractivity contribution in [3.05, 3.63) is 41.2 Å². The predicted molar refractivity (Wildman–Crippen MR) is 106 cm³/mol. The number of benzene rings is 1. The maximum absolute atomic E-state index is 10.5. The first-order valence-corrected chi connectivity index (χ1v) is 9.63. The Bertz CT molecular complexity index is 1100. The van der Waals surface area contributed by atoms with Gasteiger partial charge in [0.1, 0.15) is 5.60 Å². The number of aryl methyl sites for hydroxylation is 2. The standard InChI is InChI=1S/C22H22N4O/c23-21-24-13-15-4-3-5-18-19(20(15)26-21)16-12-14(6-7-17(16)25-18)8-11-22(27)9-1-2-10-22/h6-7,12-13,25,27H,1-5,9-10H2,(H2,23,24,26). The molecule has 0 spiro atoms. The summed E-state index contributed by atoms with van der Waals surface area (Å²) in [6.45, 7) is 0. The minimum Gasteiger partial charge on any atom is -0.378 e. The molecule has 0 radical (unpaired) electrons. The Balaban J connectivity index is 1.66. The van der Waals surface area contributed by atoms with Crippen LogP contribution in [0.1, 0.15) is 48.9 Å². The summed E-state index contributed by atoms with van der Waals surface area (Å²) in [6, 6.07) is 6.18. The van der Waals surface area contributed by atoms with Gasteiger partial charge in [-0.2, -0.15) is 0 Å². The quantitative estimate of drug-likeness (QED) is 0.538. The Kier molecular flexibility index (Phi) is 3.70. The monoisotopic (exact) mass is 358 g/mol. The summed E-state index contributed by atoms with van der Waals surface area (Å²) in [6.07, 6.45) is 8.47. The van der Waals surface area contributed by atoms with Gasteiger partial charge in [0.05, 0.1) is 5.69 Å². The molecule has 3 aromatic rings. The van der Waals surface area contributed by atoms with Crippen molar-refractivity contribution in [1.82, 2.24) is 15.0 Å². The summed E-state index contributed by atoms with van der Waals surface area (Å²) in [5.74, 6) is 6.60. The topological polar surface area (TPSA) is 87.8 Å². The van der Waals surface area contributed by atoms with Crippen molar-refractivity contribution in [3.63, 3.8) is 0 Å². The fourth-order valence-electron chi connectivity index (χ4n) is 4.33. The van der Waals surface area contributed by atoms with E-state index >= 15 is 0 Å². The van der Waals surface area contributed by atoms with E-state index in [2.05, 4.69) is 38.9 Å². The lowest BCUT2D eigenvalue weighted by atomic mass is 10.0. The lowest BCUT2D eigenvalue weighted by Gasteiger charge is -2.12. The molecule has 5 heteroatoms. The number of nitrogens with two attached hydrogens (primary N) is 1. The average molecular weight is 358 g/mol. The zero-order valence-corrected chi connectivity index (χ0v) is 15.2. The fourth-order valence-corrected chi connectivity index (χ4v) is 4.33. The summed E-state index contributed by atoms with van der Waals surface area (Å²) in [7, 11) is 0. The van der Waals surface area contributed by atoms with Gasteiger partial charge in [-0.1, -0.05) is 11.8 Å². The number of aliphatic hydroxyl groups is 1. The van der Waals surface area contributed by atoms with Gasteiger partial charge in [-0.05, 0) is 68.7 Å². The van der Waals surface area contributed by atoms with Gasteiger partial charge in [-0.25, -0.2) is 9.97 Å². The zero-order chi connectivity index (χ0) is 18.4. The summed E-state index contributed by atoms with van der Waals surface area (Å²) in [4.78, 5) is 12.3. The van der Waals surface area contributed by atoms with E-state index in [9.17, 15) is 5.11 Å². The number of aromatic nitrogens is 3. The smallest absolute Gasteiger partial charge is 0.220 e. The Morgan fingerprint density at radius 2 is 2.00 bits per heavy atom. The first-order valence-electron chi connectivity index (χ1n) is 9.63. The summed E-state index contributed by atoms with van der Waals surface area (Å²) in [5.41, 5.74) is 11.4. The van der Waals surface area contributed by atoms with Crippen molar-refractivity contribution in [2.45, 2.75) is 50.5 Å². The van der Waals surface area contributed by atoms with Crippen LogP contribution in [-0.4, -0.2) is 25.7 Å². The largest absolute Gasteiger partial charge is 0.378 e. The van der Waals surface area contributed by atoms with Crippen LogP contribution in [0.2, 0.25) is 0 Å². The van der Waals surface area contributed by atoms with Crippen molar-refractivity contribution in [2.75, 3.05) is 5.73 Å². The molecular weight excluding hydrogens is 336 g/mol. The SMILES string of the molecule is Nc1ncc2c(n1)-c1c([nH]c3ccc(C#CC4(O)CCCC4)cc13)CCC2. The second kappa shape index (κ2) is 6.11. The maximum Gasteiger partial charge on any atom is 0.220 e. The lowest BCUT2D eigenvalue weighted by molar-refractivity contribution is 0.110. The van der Waals surface area contributed by atoms with E-state index in [-0.39, 0.29) is 0 Å². The third-order valence-corrected chi connectivity index (χ3v) is 5.74. The molecule has 0 amide bonds. The van der Waals surface area contributed by atoms with E-state index < -0.39 is 5.60 Å². The molecule has 1 fully saturated rings. The highest BCUT2D eigenvalue weighted by molar-refractivity contribution is 5.98. The Hall–Kier alpha value is -2.84. The van der Waals surface area contributed by atoms with Crippen molar-refractivity contribution >= 4 is 16.9 Å². The molecule has 2 heterocycles. The molecule has 0 saturated heterocycles. The summed E-state index contributed by atoms with van der Waals surface area (Å²) in [5, 5.41) is 11.6. The number of rotatable bonds is 0. The molecule has 0 aliphatic heterocycles. The second-order valence-corrected chi connectivity index (χ2v) is 7.68. The fraction of sp³-hybridized carbons (Fsp3) is 0.364. The van der Waals surface area contributed by atoms with Crippen LogP contribution in [0, 0.1) is 11.8 Å². The summed E-state index contributed by atoms with van der Waals surface area (Å²) < 4.78 is 0. The Morgan fingerprint density at radius 3 is 2.85 bits per heavy atom. The second-order valence-electron chi connectivity index (χ2n) is 7.68. The predicted octanol–water partition coefficient (Wildman–Crippen LogP) is 3.35. The first-order chi connectivity index (χ1) is 13.1. The minimum absolute atomic E-state index is 0.301. The number of H-pyrrole nitrogens is 1. The molecular formula is C22H22N4O. The number of anilines is 1. The van der Waals surface area contributed by atoms with Crippen molar-refractivity contribution in [2.24, 2.45) is 0 Å². The van der Waals surface area contributed by atoms with Gasteiger partial charge in [-0.15, -0.1) is 0 Å². The molecule has 0 unspecified atom stereocenters. The third-order valence-electron chi connectivity index (χ3n) is 5.74. The molecule has 2 aromatic heterocycles. The number of nitrogens with one attached hydrogen (secondary N) is 1. The number of nitrogen functional groups attached to an aromatic ring is 1. The normalized spacial score (nSPS) is 17.7. The lowest BCUT2D eigenvalue weighted by Crippen LogP contribution is -2.20. The first kappa shape index (κ1) is 16.3. The minimum atomic E-state index is -0.821. The molecule has 27 heavy (non-hydrogen) atoms. The van der Waals surface area contributed by atoms with Crippen molar-refractivity contribution in [1.29, 1.82) is 0 Å². The van der Waals surface area contributed by atoms with Crippen LogP contribution in [0.5, 0.6) is 0 Å². The molecule has 0 bridgehead atoms. The van der Waals surface area contributed by atoms with Crippen LogP contribution >= 0.6 is 0 Å². The van der Waals surface area contributed by atoms with Gasteiger partial charge < -0.3 is 15.8 Å². The van der Waals surface area contributed by atoms with Gasteiger partial charge in [0, 0.05) is 33.9 Å². The Morgan fingerprint density at radius 1 is 1.15 bits per heavy atom. The maximum atomic E-state index is 10.5. The van der Waals surface area contributed by atoms with Crippen LogP contribution in [0.15, 0.2) is 24.4 Å². The highest BCUT2D eigenvalue weighted by atomic mass is 16.3. The Labute approximate surface area is 158 Å². The van der Waals surface area contributed by atoms with Crippen molar-refractivity contribution < 1.29 is 5.11 Å². The van der Waals surface area contributed by atoms with E-state index in [1.165, 1.54) is 5.69 Å². The zero-order valence-electron chi connectivity index (χ0n) is 15.2. The van der Waals surface area contributed by atoms with Crippen LogP contribution in [0.25, 0.3) is 22.2 Å². The number of nitrogens with zero attached hydrogens (tertiary/aromatic N) is 2. The average Bonchev–Trinajstić information content (AvgIpc) is 3.20. The highest BCUT2D eigenvalue weighted by Crippen LogP contribution is 2.37. The molecule has 0 atom stereocenters. The van der Waals surface area contributed by atoms with E-state index in [0.717, 1.165) is 78.2 Å². The van der Waals surface area contributed by atoms with Gasteiger partial charge in [0.25, 0.3) is 0 Å². The van der Waals surface area contributed by atoms with Gasteiger partial charge >= 0.3 is 0 Å². The molecule has 136 valence electrons. The summed E-state index contributed by atoms with van der Waals surface area (Å²) >= 11 is 0. The number of hydrogen-bond donors (Lipinski definition) is 3. The van der Waals surface area contributed by atoms with E-state index in [4.69, 9.17) is 5.73 Å².